The van der Waals surface area contributed by atoms with Gasteiger partial charge in [-0.1, -0.05) is 25.1 Å². The van der Waals surface area contributed by atoms with Gasteiger partial charge in [0.25, 0.3) is 0 Å². The van der Waals surface area contributed by atoms with Crippen LogP contribution in [-0.2, 0) is 0 Å². The summed E-state index contributed by atoms with van der Waals surface area (Å²) < 4.78 is 0. The van der Waals surface area contributed by atoms with Gasteiger partial charge < -0.3 is 10.6 Å². The smallest absolute Gasteiger partial charge is 0.0415 e. The highest BCUT2D eigenvalue weighted by Crippen LogP contribution is 2.29. The lowest BCUT2D eigenvalue weighted by Gasteiger charge is -2.44. The van der Waals surface area contributed by atoms with Crippen LogP contribution in [-0.4, -0.2) is 37.1 Å². The predicted octanol–water partition coefficient (Wildman–Crippen LogP) is 2.63. The van der Waals surface area contributed by atoms with E-state index in [1.165, 1.54) is 11.3 Å². The van der Waals surface area contributed by atoms with Crippen molar-refractivity contribution in [2.75, 3.05) is 25.0 Å². The molecule has 1 aliphatic heterocycles. The molecule has 0 spiro atoms. The predicted molar refractivity (Wildman–Crippen MR) is 82.6 cm³/mol. The zero-order valence-corrected chi connectivity index (χ0v) is 12.6. The Kier molecular flexibility index (Phi) is 4.48. The maximum atomic E-state index is 6.26. The Morgan fingerprint density at radius 2 is 1.79 bits per heavy atom. The van der Waals surface area contributed by atoms with Gasteiger partial charge in [-0.05, 0) is 38.9 Å². The molecule has 1 fully saturated rings. The minimum absolute atomic E-state index is 0.140. The van der Waals surface area contributed by atoms with Gasteiger partial charge in [-0.3, -0.25) is 4.90 Å². The van der Waals surface area contributed by atoms with Gasteiger partial charge >= 0.3 is 0 Å². The Balaban J connectivity index is 2.27. The Morgan fingerprint density at radius 1 is 1.21 bits per heavy atom. The van der Waals surface area contributed by atoms with E-state index in [-0.39, 0.29) is 6.04 Å². The van der Waals surface area contributed by atoms with E-state index < -0.39 is 0 Å². The lowest BCUT2D eigenvalue weighted by atomic mass is 10.0. The summed E-state index contributed by atoms with van der Waals surface area (Å²) in [5.74, 6) is 0. The summed E-state index contributed by atoms with van der Waals surface area (Å²) in [6, 6.07) is 9.91. The number of anilines is 1. The third-order valence-corrected chi connectivity index (χ3v) is 4.48. The van der Waals surface area contributed by atoms with Crippen LogP contribution in [0.2, 0.25) is 0 Å². The van der Waals surface area contributed by atoms with Gasteiger partial charge in [-0.15, -0.1) is 0 Å². The molecule has 3 unspecified atom stereocenters. The number of likely N-dealkylation sites (N-methyl/N-ethyl adjacent to an activating group) is 1. The van der Waals surface area contributed by atoms with Crippen LogP contribution in [0.25, 0.3) is 0 Å². The molecule has 1 aromatic carbocycles. The number of hydrogen-bond acceptors (Lipinski definition) is 3. The molecule has 0 aliphatic carbocycles. The lowest BCUT2D eigenvalue weighted by molar-refractivity contribution is 0.170. The summed E-state index contributed by atoms with van der Waals surface area (Å²) in [6.45, 7) is 8.90. The molecule has 2 rings (SSSR count). The second-order valence-electron chi connectivity index (χ2n) is 5.84. The number of para-hydroxylation sites is 1. The van der Waals surface area contributed by atoms with E-state index >= 15 is 0 Å². The van der Waals surface area contributed by atoms with Gasteiger partial charge in [0.1, 0.15) is 0 Å². The molecule has 0 saturated carbocycles. The molecule has 3 nitrogen and oxygen atoms in total. The van der Waals surface area contributed by atoms with Gasteiger partial charge in [0.2, 0.25) is 0 Å². The normalized spacial score (nSPS) is 26.5. The summed E-state index contributed by atoms with van der Waals surface area (Å²) >= 11 is 0. The molecule has 0 aromatic heterocycles. The quantitative estimate of drug-likeness (QED) is 0.908. The number of nitrogens with two attached hydrogens (primary N) is 1. The van der Waals surface area contributed by atoms with E-state index in [1.807, 2.05) is 0 Å². The van der Waals surface area contributed by atoms with Crippen molar-refractivity contribution >= 4 is 5.69 Å². The summed E-state index contributed by atoms with van der Waals surface area (Å²) in [6.07, 6.45) is 0.982. The van der Waals surface area contributed by atoms with Crippen LogP contribution in [0.4, 0.5) is 5.69 Å². The molecule has 2 N–H and O–H groups in total. The van der Waals surface area contributed by atoms with Crippen molar-refractivity contribution in [2.24, 2.45) is 5.73 Å². The molecule has 0 amide bonds. The van der Waals surface area contributed by atoms with Crippen molar-refractivity contribution < 1.29 is 0 Å². The first-order valence-corrected chi connectivity index (χ1v) is 7.36. The molecule has 1 heterocycles. The highest BCUT2D eigenvalue weighted by molar-refractivity contribution is 5.55. The van der Waals surface area contributed by atoms with Crippen LogP contribution >= 0.6 is 0 Å². The van der Waals surface area contributed by atoms with Gasteiger partial charge in [0.05, 0.1) is 0 Å². The Labute approximate surface area is 117 Å². The summed E-state index contributed by atoms with van der Waals surface area (Å²) in [5, 5.41) is 0. The largest absolute Gasteiger partial charge is 0.368 e. The number of piperazine rings is 1. The maximum Gasteiger partial charge on any atom is 0.0415 e. The highest BCUT2D eigenvalue weighted by Gasteiger charge is 2.28. The molecule has 1 saturated heterocycles. The molecule has 3 heteroatoms. The average Bonchev–Trinajstić information content (AvgIpc) is 2.43. The first-order chi connectivity index (χ1) is 9.04. The fourth-order valence-electron chi connectivity index (χ4n) is 2.91. The van der Waals surface area contributed by atoms with E-state index in [2.05, 4.69) is 61.9 Å². The molecule has 106 valence electrons. The minimum Gasteiger partial charge on any atom is -0.368 e. The molecule has 0 radical (unpaired) electrons. The van der Waals surface area contributed by atoms with Gasteiger partial charge in [-0.2, -0.15) is 0 Å². The lowest BCUT2D eigenvalue weighted by Crippen LogP contribution is -2.55. The number of hydrogen-bond donors (Lipinski definition) is 1. The van der Waals surface area contributed by atoms with Gasteiger partial charge in [-0.25, -0.2) is 0 Å². The van der Waals surface area contributed by atoms with Crippen LogP contribution in [0.3, 0.4) is 0 Å². The topological polar surface area (TPSA) is 32.5 Å². The zero-order chi connectivity index (χ0) is 14.0. The highest BCUT2D eigenvalue weighted by atomic mass is 15.3. The third-order valence-electron chi connectivity index (χ3n) is 4.48. The van der Waals surface area contributed by atoms with Crippen LogP contribution < -0.4 is 10.6 Å². The van der Waals surface area contributed by atoms with E-state index in [9.17, 15) is 0 Å². The number of benzene rings is 1. The second kappa shape index (κ2) is 5.93. The molecular weight excluding hydrogens is 234 g/mol. The second-order valence-corrected chi connectivity index (χ2v) is 5.84. The SMILES string of the molecule is CCC(N)c1ccccc1N1CC(C)N(C)C(C)C1. The van der Waals surface area contributed by atoms with Crippen LogP contribution in [0.15, 0.2) is 24.3 Å². The number of rotatable bonds is 3. The van der Waals surface area contributed by atoms with Crippen molar-refractivity contribution in [3.63, 3.8) is 0 Å². The first-order valence-electron chi connectivity index (χ1n) is 7.36. The molecule has 0 bridgehead atoms. The minimum atomic E-state index is 0.140. The van der Waals surface area contributed by atoms with Gasteiger partial charge in [0, 0.05) is 36.9 Å². The maximum absolute atomic E-state index is 6.26. The third kappa shape index (κ3) is 2.93. The fraction of sp³-hybridized carbons (Fsp3) is 0.625. The zero-order valence-electron chi connectivity index (χ0n) is 12.6. The van der Waals surface area contributed by atoms with Crippen LogP contribution in [0.5, 0.6) is 0 Å². The standard InChI is InChI=1S/C16H27N3/c1-5-15(17)14-8-6-7-9-16(14)19-10-12(2)18(4)13(3)11-19/h6-9,12-13,15H,5,10-11,17H2,1-4H3. The number of nitrogens with zero attached hydrogens (tertiary/aromatic N) is 2. The van der Waals surface area contributed by atoms with Gasteiger partial charge in [0.15, 0.2) is 0 Å². The van der Waals surface area contributed by atoms with Crippen LogP contribution in [0, 0.1) is 0 Å². The molecule has 19 heavy (non-hydrogen) atoms. The van der Waals surface area contributed by atoms with E-state index in [1.54, 1.807) is 0 Å². The van der Waals surface area contributed by atoms with Crippen molar-refractivity contribution in [3.8, 4) is 0 Å². The van der Waals surface area contributed by atoms with Crippen molar-refractivity contribution in [3.05, 3.63) is 29.8 Å². The summed E-state index contributed by atoms with van der Waals surface area (Å²) in [7, 11) is 2.22. The Hall–Kier alpha value is -1.06. The average molecular weight is 261 g/mol. The summed E-state index contributed by atoms with van der Waals surface area (Å²) in [4.78, 5) is 4.96. The van der Waals surface area contributed by atoms with Crippen molar-refractivity contribution in [1.82, 2.24) is 4.90 Å². The van der Waals surface area contributed by atoms with E-state index in [0.29, 0.717) is 12.1 Å². The summed E-state index contributed by atoms with van der Waals surface area (Å²) in [5.41, 5.74) is 8.87. The van der Waals surface area contributed by atoms with Crippen molar-refractivity contribution in [2.45, 2.75) is 45.3 Å². The molecule has 1 aliphatic rings. The van der Waals surface area contributed by atoms with Crippen LogP contribution in [0.1, 0.15) is 38.8 Å². The molecule has 3 atom stereocenters. The van der Waals surface area contributed by atoms with E-state index in [0.717, 1.165) is 19.5 Å². The van der Waals surface area contributed by atoms with Crippen molar-refractivity contribution in [1.29, 1.82) is 0 Å². The molecular formula is C16H27N3. The van der Waals surface area contributed by atoms with E-state index in [4.69, 9.17) is 5.73 Å². The Bertz CT molecular complexity index is 406. The molecule has 1 aromatic rings. The monoisotopic (exact) mass is 261 g/mol. The Morgan fingerprint density at radius 3 is 2.37 bits per heavy atom. The first kappa shape index (κ1) is 14.4. The fourth-order valence-corrected chi connectivity index (χ4v) is 2.91.